The second-order valence-corrected chi connectivity index (χ2v) is 7.68. The molecule has 130 valence electrons. The van der Waals surface area contributed by atoms with Gasteiger partial charge in [0.25, 0.3) is 0 Å². The number of benzene rings is 2. The van der Waals surface area contributed by atoms with Crippen LogP contribution in [0.5, 0.6) is 11.5 Å². The standard InChI is InChI=1S/C21H18N2O3/c1-23-18-15-11-20(9-8-12-4-2-3-5-14(12)15)21(18,22-19(23)25)16-10-13(24)6-7-17(16)26-20/h2-7,10,24H,8-9,11H2,1H3,(H,22,25). The number of hydrogen-bond donors (Lipinski definition) is 2. The molecule has 2 aromatic rings. The van der Waals surface area contributed by atoms with Crippen molar-refractivity contribution >= 4 is 11.6 Å². The maximum atomic E-state index is 12.7. The van der Waals surface area contributed by atoms with Gasteiger partial charge in [0.2, 0.25) is 0 Å². The van der Waals surface area contributed by atoms with Crippen molar-refractivity contribution < 1.29 is 14.6 Å². The highest BCUT2D eigenvalue weighted by Gasteiger charge is 2.71. The summed E-state index contributed by atoms with van der Waals surface area (Å²) >= 11 is 0. The number of phenolic OH excluding ortho intramolecular Hbond substituents is 1. The highest BCUT2D eigenvalue weighted by atomic mass is 16.5. The van der Waals surface area contributed by atoms with Crippen LogP contribution < -0.4 is 10.1 Å². The SMILES string of the molecule is CN1C(=O)NC23C1=C1CC2(CCc2ccccc21)Oc1ccc(O)cc13. The third-order valence-corrected chi connectivity index (χ3v) is 6.53. The van der Waals surface area contributed by atoms with Crippen LogP contribution in [0.2, 0.25) is 0 Å². The Labute approximate surface area is 150 Å². The van der Waals surface area contributed by atoms with Crippen LogP contribution in [0, 0.1) is 0 Å². The Balaban J connectivity index is 1.74. The Kier molecular flexibility index (Phi) is 2.32. The minimum Gasteiger partial charge on any atom is -0.508 e. The van der Waals surface area contributed by atoms with Gasteiger partial charge in [0.1, 0.15) is 17.1 Å². The molecule has 2 heterocycles. The van der Waals surface area contributed by atoms with Crippen LogP contribution >= 0.6 is 0 Å². The average Bonchev–Trinajstić information content (AvgIpc) is 3.09. The number of carbonyl (C=O) groups is 1. The largest absolute Gasteiger partial charge is 0.508 e. The molecule has 2 atom stereocenters. The molecule has 26 heavy (non-hydrogen) atoms. The first-order chi connectivity index (χ1) is 12.6. The molecular weight excluding hydrogens is 328 g/mol. The van der Waals surface area contributed by atoms with E-state index in [0.717, 1.165) is 36.3 Å². The lowest BCUT2D eigenvalue weighted by Gasteiger charge is -2.37. The summed E-state index contributed by atoms with van der Waals surface area (Å²) in [6.07, 6.45) is 2.45. The quantitative estimate of drug-likeness (QED) is 0.770. The highest BCUT2D eigenvalue weighted by Crippen LogP contribution is 2.66. The Bertz CT molecular complexity index is 1040. The molecule has 2 bridgehead atoms. The van der Waals surface area contributed by atoms with Gasteiger partial charge in [0, 0.05) is 19.0 Å². The van der Waals surface area contributed by atoms with E-state index in [1.165, 1.54) is 16.7 Å². The van der Waals surface area contributed by atoms with Crippen LogP contribution in [-0.4, -0.2) is 28.7 Å². The summed E-state index contributed by atoms with van der Waals surface area (Å²) < 4.78 is 6.56. The Hall–Kier alpha value is -2.95. The second kappa shape index (κ2) is 4.23. The van der Waals surface area contributed by atoms with Gasteiger partial charge in [-0.3, -0.25) is 4.90 Å². The molecule has 0 saturated carbocycles. The van der Waals surface area contributed by atoms with E-state index in [-0.39, 0.29) is 11.8 Å². The molecule has 5 heteroatoms. The van der Waals surface area contributed by atoms with Gasteiger partial charge in [0.15, 0.2) is 5.54 Å². The third kappa shape index (κ3) is 1.35. The number of urea groups is 1. The van der Waals surface area contributed by atoms with Crippen LogP contribution in [0.15, 0.2) is 48.2 Å². The average molecular weight is 346 g/mol. The summed E-state index contributed by atoms with van der Waals surface area (Å²) in [5.74, 6) is 0.937. The van der Waals surface area contributed by atoms with Crippen molar-refractivity contribution in [2.75, 3.05) is 7.05 Å². The zero-order chi connectivity index (χ0) is 17.7. The zero-order valence-electron chi connectivity index (χ0n) is 14.4. The molecule has 2 amide bonds. The van der Waals surface area contributed by atoms with Gasteiger partial charge in [-0.15, -0.1) is 0 Å². The fraction of sp³-hybridized carbons (Fsp3) is 0.286. The van der Waals surface area contributed by atoms with Crippen LogP contribution in [0.25, 0.3) is 5.57 Å². The summed E-state index contributed by atoms with van der Waals surface area (Å²) in [5.41, 5.74) is 4.24. The second-order valence-electron chi connectivity index (χ2n) is 7.68. The Morgan fingerprint density at radius 2 is 2.08 bits per heavy atom. The first kappa shape index (κ1) is 14.2. The van der Waals surface area contributed by atoms with Crippen molar-refractivity contribution in [1.82, 2.24) is 10.2 Å². The number of phenols is 1. The van der Waals surface area contributed by atoms with Gasteiger partial charge >= 0.3 is 6.03 Å². The van der Waals surface area contributed by atoms with Crippen molar-refractivity contribution in [3.05, 3.63) is 64.9 Å². The van der Waals surface area contributed by atoms with Crippen LogP contribution in [-0.2, 0) is 12.0 Å². The summed E-state index contributed by atoms with van der Waals surface area (Å²) in [4.78, 5) is 14.5. The maximum Gasteiger partial charge on any atom is 0.322 e. The van der Waals surface area contributed by atoms with Gasteiger partial charge in [-0.25, -0.2) is 4.79 Å². The van der Waals surface area contributed by atoms with Crippen LogP contribution in [0.3, 0.4) is 0 Å². The Morgan fingerprint density at radius 3 is 2.96 bits per heavy atom. The number of nitrogens with zero attached hydrogens (tertiary/aromatic N) is 1. The van der Waals surface area contributed by atoms with E-state index in [4.69, 9.17) is 4.74 Å². The fourth-order valence-electron chi connectivity index (χ4n) is 5.50. The number of aromatic hydroxyl groups is 1. The summed E-state index contributed by atoms with van der Waals surface area (Å²) in [6, 6.07) is 13.5. The smallest absolute Gasteiger partial charge is 0.322 e. The van der Waals surface area contributed by atoms with Crippen LogP contribution in [0.4, 0.5) is 4.79 Å². The van der Waals surface area contributed by atoms with Gasteiger partial charge in [-0.1, -0.05) is 24.3 Å². The molecule has 2 aromatic carbocycles. The van der Waals surface area contributed by atoms with E-state index < -0.39 is 11.1 Å². The van der Waals surface area contributed by atoms with Crippen LogP contribution in [0.1, 0.15) is 29.5 Å². The van der Waals surface area contributed by atoms with E-state index in [0.29, 0.717) is 0 Å². The topological polar surface area (TPSA) is 61.8 Å². The van der Waals surface area contributed by atoms with E-state index in [1.54, 1.807) is 17.0 Å². The molecule has 2 spiro atoms. The first-order valence-electron chi connectivity index (χ1n) is 8.96. The molecule has 2 aliphatic heterocycles. The van der Waals surface area contributed by atoms with E-state index in [1.807, 2.05) is 13.1 Å². The molecule has 0 aromatic heterocycles. The molecule has 2 N–H and O–H groups in total. The minimum atomic E-state index is -0.726. The number of ether oxygens (including phenoxy) is 1. The lowest BCUT2D eigenvalue weighted by Crippen LogP contribution is -2.56. The fourth-order valence-corrected chi connectivity index (χ4v) is 5.50. The molecule has 5 nitrogen and oxygen atoms in total. The van der Waals surface area contributed by atoms with Crippen molar-refractivity contribution in [2.45, 2.75) is 30.4 Å². The number of hydrogen-bond acceptors (Lipinski definition) is 3. The number of amides is 2. The molecule has 1 saturated heterocycles. The zero-order valence-corrected chi connectivity index (χ0v) is 14.4. The number of nitrogens with one attached hydrogen (secondary N) is 1. The van der Waals surface area contributed by atoms with Crippen molar-refractivity contribution in [3.8, 4) is 11.5 Å². The van der Waals surface area contributed by atoms with Crippen molar-refractivity contribution in [2.24, 2.45) is 0 Å². The normalized spacial score (nSPS) is 30.2. The van der Waals surface area contributed by atoms with E-state index >= 15 is 0 Å². The van der Waals surface area contributed by atoms with Gasteiger partial charge < -0.3 is 15.2 Å². The Morgan fingerprint density at radius 1 is 1.23 bits per heavy atom. The monoisotopic (exact) mass is 346 g/mol. The number of fused-ring (bicyclic) bond motifs is 4. The number of aryl methyl sites for hydroxylation is 1. The van der Waals surface area contributed by atoms with E-state index in [9.17, 15) is 9.90 Å². The molecule has 6 rings (SSSR count). The lowest BCUT2D eigenvalue weighted by molar-refractivity contribution is 0.0330. The predicted molar refractivity (Wildman–Crippen MR) is 95.7 cm³/mol. The first-order valence-corrected chi connectivity index (χ1v) is 8.96. The van der Waals surface area contributed by atoms with Gasteiger partial charge in [-0.2, -0.15) is 0 Å². The highest BCUT2D eigenvalue weighted by molar-refractivity contribution is 5.93. The number of rotatable bonds is 0. The van der Waals surface area contributed by atoms with Gasteiger partial charge in [-0.05, 0) is 47.7 Å². The molecule has 0 radical (unpaired) electrons. The van der Waals surface area contributed by atoms with Gasteiger partial charge in [0.05, 0.1) is 5.70 Å². The summed E-state index contributed by atoms with van der Waals surface area (Å²) in [7, 11) is 1.82. The van der Waals surface area contributed by atoms with Crippen molar-refractivity contribution in [3.63, 3.8) is 0 Å². The number of carbonyl (C=O) groups excluding carboxylic acids is 1. The third-order valence-electron chi connectivity index (χ3n) is 6.53. The maximum absolute atomic E-state index is 12.7. The van der Waals surface area contributed by atoms with Crippen molar-refractivity contribution in [1.29, 1.82) is 0 Å². The molecular formula is C21H18N2O3. The molecule has 2 aliphatic carbocycles. The molecule has 2 unspecified atom stereocenters. The predicted octanol–water partition coefficient (Wildman–Crippen LogP) is 3.13. The summed E-state index contributed by atoms with van der Waals surface area (Å²) in [6.45, 7) is 0. The molecule has 4 aliphatic rings. The van der Waals surface area contributed by atoms with E-state index in [2.05, 4.69) is 29.6 Å². The lowest BCUT2D eigenvalue weighted by atomic mass is 9.74. The minimum absolute atomic E-state index is 0.124. The molecule has 1 fully saturated rings. The number of likely N-dealkylation sites (N-methyl/N-ethyl adjacent to an activating group) is 1. The summed E-state index contributed by atoms with van der Waals surface area (Å²) in [5, 5.41) is 13.4.